The summed E-state index contributed by atoms with van der Waals surface area (Å²) in [6.07, 6.45) is 3.12. The fourth-order valence-corrected chi connectivity index (χ4v) is 8.87. The highest BCUT2D eigenvalue weighted by Crippen LogP contribution is 2.21. The van der Waals surface area contributed by atoms with Crippen LogP contribution in [-0.2, 0) is 45.5 Å². The Morgan fingerprint density at radius 1 is 0.500 bits per heavy atom. The number of rotatable bonds is 29. The van der Waals surface area contributed by atoms with E-state index < -0.39 is 30.2 Å². The van der Waals surface area contributed by atoms with Crippen molar-refractivity contribution < 1.29 is 45.5 Å². The van der Waals surface area contributed by atoms with Gasteiger partial charge in [-0.05, 0) is 54.4 Å². The second-order valence-electron chi connectivity index (χ2n) is 7.89. The monoisotopic (exact) mass is 582 g/mol. The molecule has 0 radical (unpaired) electrons. The lowest BCUT2D eigenvalue weighted by molar-refractivity contribution is -0.280. The van der Waals surface area contributed by atoms with E-state index in [0.29, 0.717) is 77.8 Å². The second kappa shape index (κ2) is 24.3. The Morgan fingerprint density at radius 2 is 0.789 bits per heavy atom. The van der Waals surface area contributed by atoms with Crippen molar-refractivity contribution in [3.8, 4) is 0 Å². The summed E-state index contributed by atoms with van der Waals surface area (Å²) in [6, 6.07) is 1.27. The quantitative estimate of drug-likeness (QED) is 0.0522. The Labute approximate surface area is 233 Å². The SMILES string of the molecule is C=CCOC(OCCC[Si](OCC)(OCC)OCC)C(OCC=C)OCCC[Si](OCC)(OCC)OCC. The van der Waals surface area contributed by atoms with E-state index in [2.05, 4.69) is 13.2 Å². The van der Waals surface area contributed by atoms with Gasteiger partial charge < -0.3 is 45.5 Å². The van der Waals surface area contributed by atoms with Crippen LogP contribution in [0.4, 0.5) is 0 Å². The fraction of sp³-hybridized carbons (Fsp3) is 0.846. The van der Waals surface area contributed by atoms with Crippen LogP contribution in [0.3, 0.4) is 0 Å². The van der Waals surface area contributed by atoms with E-state index in [1.165, 1.54) is 0 Å². The minimum absolute atomic E-state index is 0.284. The molecule has 0 aliphatic heterocycles. The molecule has 0 spiro atoms. The van der Waals surface area contributed by atoms with E-state index in [-0.39, 0.29) is 13.2 Å². The summed E-state index contributed by atoms with van der Waals surface area (Å²) in [6.45, 7) is 23.7. The van der Waals surface area contributed by atoms with Gasteiger partial charge in [-0.25, -0.2) is 0 Å². The molecule has 0 aromatic rings. The summed E-state index contributed by atoms with van der Waals surface area (Å²) in [5, 5.41) is 0. The number of ether oxygens (including phenoxy) is 4. The first-order valence-corrected chi connectivity index (χ1v) is 17.8. The van der Waals surface area contributed by atoms with Gasteiger partial charge in [0, 0.05) is 64.9 Å². The third-order valence-corrected chi connectivity index (χ3v) is 11.3. The molecule has 0 bridgehead atoms. The Bertz CT molecular complexity index is 488. The highest BCUT2D eigenvalue weighted by Gasteiger charge is 2.41. The predicted molar refractivity (Wildman–Crippen MR) is 152 cm³/mol. The van der Waals surface area contributed by atoms with Crippen LogP contribution < -0.4 is 0 Å². The first-order chi connectivity index (χ1) is 18.5. The van der Waals surface area contributed by atoms with Crippen LogP contribution in [0.25, 0.3) is 0 Å². The summed E-state index contributed by atoms with van der Waals surface area (Å²) in [5.74, 6) is 0. The molecule has 0 aromatic carbocycles. The third kappa shape index (κ3) is 15.9. The molecule has 0 heterocycles. The van der Waals surface area contributed by atoms with Crippen molar-refractivity contribution in [1.29, 1.82) is 0 Å². The lowest BCUT2D eigenvalue weighted by Crippen LogP contribution is -2.46. The van der Waals surface area contributed by atoms with Gasteiger partial charge in [-0.3, -0.25) is 0 Å². The maximum absolute atomic E-state index is 6.08. The van der Waals surface area contributed by atoms with Gasteiger partial charge in [-0.15, -0.1) is 13.2 Å². The maximum Gasteiger partial charge on any atom is 0.501 e. The zero-order valence-corrected chi connectivity index (χ0v) is 26.7. The van der Waals surface area contributed by atoms with E-state index in [1.54, 1.807) is 12.2 Å². The van der Waals surface area contributed by atoms with Gasteiger partial charge in [0.15, 0.2) is 0 Å². The topological polar surface area (TPSA) is 92.3 Å². The molecule has 0 fully saturated rings. The lowest BCUT2D eigenvalue weighted by atomic mass is 10.5. The molecule has 12 heteroatoms. The Hall–Kier alpha value is -0.486. The Balaban J connectivity index is 5.18. The molecule has 38 heavy (non-hydrogen) atoms. The summed E-state index contributed by atoms with van der Waals surface area (Å²) in [4.78, 5) is 0. The largest absolute Gasteiger partial charge is 0.501 e. The molecule has 10 nitrogen and oxygen atoms in total. The highest BCUT2D eigenvalue weighted by atomic mass is 28.4. The smallest absolute Gasteiger partial charge is 0.374 e. The van der Waals surface area contributed by atoms with Crippen molar-refractivity contribution in [2.75, 3.05) is 66.1 Å². The first kappa shape index (κ1) is 37.5. The van der Waals surface area contributed by atoms with Gasteiger partial charge in [-0.2, -0.15) is 0 Å². The average Bonchev–Trinajstić information content (AvgIpc) is 2.89. The van der Waals surface area contributed by atoms with E-state index in [0.717, 1.165) is 0 Å². The predicted octanol–water partition coefficient (Wildman–Crippen LogP) is 4.95. The van der Waals surface area contributed by atoms with Crippen LogP contribution in [-0.4, -0.2) is 96.3 Å². The lowest BCUT2D eigenvalue weighted by Gasteiger charge is -2.30. The molecular formula is C26H54O10Si2. The van der Waals surface area contributed by atoms with Gasteiger partial charge in [0.2, 0.25) is 12.6 Å². The summed E-state index contributed by atoms with van der Waals surface area (Å²) >= 11 is 0. The van der Waals surface area contributed by atoms with E-state index in [1.807, 2.05) is 41.5 Å². The van der Waals surface area contributed by atoms with Crippen LogP contribution in [0.5, 0.6) is 0 Å². The average molecular weight is 583 g/mol. The minimum atomic E-state index is -2.75. The van der Waals surface area contributed by atoms with Gasteiger partial charge >= 0.3 is 17.6 Å². The molecule has 0 saturated heterocycles. The summed E-state index contributed by atoms with van der Waals surface area (Å²) in [7, 11) is -5.50. The Kier molecular flexibility index (Phi) is 24.0. The van der Waals surface area contributed by atoms with Crippen molar-refractivity contribution in [3.05, 3.63) is 25.3 Å². The second-order valence-corrected chi connectivity index (χ2v) is 13.4. The normalized spacial score (nSPS) is 13.9. The van der Waals surface area contributed by atoms with Crippen LogP contribution in [0.15, 0.2) is 25.3 Å². The van der Waals surface area contributed by atoms with Crippen LogP contribution >= 0.6 is 0 Å². The fourth-order valence-electron chi connectivity index (χ4n) is 3.72. The molecule has 0 saturated carbocycles. The van der Waals surface area contributed by atoms with Gasteiger partial charge in [0.05, 0.1) is 13.2 Å². The molecule has 0 aliphatic carbocycles. The van der Waals surface area contributed by atoms with Crippen molar-refractivity contribution >= 4 is 17.6 Å². The van der Waals surface area contributed by atoms with Crippen molar-refractivity contribution in [2.45, 2.75) is 79.1 Å². The van der Waals surface area contributed by atoms with E-state index in [4.69, 9.17) is 45.5 Å². The van der Waals surface area contributed by atoms with Crippen LogP contribution in [0.1, 0.15) is 54.4 Å². The highest BCUT2D eigenvalue weighted by molar-refractivity contribution is 6.61. The summed E-state index contributed by atoms with van der Waals surface area (Å²) < 4.78 is 59.5. The molecular weight excluding hydrogens is 528 g/mol. The third-order valence-electron chi connectivity index (χ3n) is 4.98. The molecule has 0 aromatic heterocycles. The van der Waals surface area contributed by atoms with Crippen LogP contribution in [0, 0.1) is 0 Å². The molecule has 0 amide bonds. The molecule has 2 atom stereocenters. The van der Waals surface area contributed by atoms with Crippen molar-refractivity contribution in [3.63, 3.8) is 0 Å². The summed E-state index contributed by atoms with van der Waals surface area (Å²) in [5.41, 5.74) is 0. The zero-order chi connectivity index (χ0) is 28.5. The molecule has 0 aliphatic rings. The van der Waals surface area contributed by atoms with Crippen LogP contribution in [0.2, 0.25) is 12.1 Å². The first-order valence-electron chi connectivity index (χ1n) is 14.0. The van der Waals surface area contributed by atoms with Crippen molar-refractivity contribution in [1.82, 2.24) is 0 Å². The zero-order valence-electron chi connectivity index (χ0n) is 24.7. The van der Waals surface area contributed by atoms with Gasteiger partial charge in [0.1, 0.15) is 0 Å². The standard InChI is InChI=1S/C26H54O10Si2/c1-9-19-27-25(29-21-17-23-37(31-11-3,32-12-4)33-13-5)26(28-20-10-2)30-22-18-24-38(34-14-6,35-15-7)36-16-8/h9-10,25-26H,1-2,11-24H2,3-8H3. The number of hydrogen-bond donors (Lipinski definition) is 0. The van der Waals surface area contributed by atoms with Gasteiger partial charge in [0.25, 0.3) is 0 Å². The van der Waals surface area contributed by atoms with E-state index >= 15 is 0 Å². The molecule has 0 rings (SSSR count). The molecule has 226 valence electrons. The molecule has 2 unspecified atom stereocenters. The molecule has 0 N–H and O–H groups in total. The van der Waals surface area contributed by atoms with Gasteiger partial charge in [-0.1, -0.05) is 12.2 Å². The van der Waals surface area contributed by atoms with Crippen molar-refractivity contribution in [2.24, 2.45) is 0 Å². The van der Waals surface area contributed by atoms with E-state index in [9.17, 15) is 0 Å². The maximum atomic E-state index is 6.08. The minimum Gasteiger partial charge on any atom is -0.374 e. The number of hydrogen-bond acceptors (Lipinski definition) is 10. The Morgan fingerprint density at radius 3 is 1.03 bits per heavy atom.